The smallest absolute Gasteiger partial charge is 0.290 e. The average molecular weight is 439 g/mol. The summed E-state index contributed by atoms with van der Waals surface area (Å²) < 4.78 is 0. The summed E-state index contributed by atoms with van der Waals surface area (Å²) in [7, 11) is 0. The van der Waals surface area contributed by atoms with E-state index in [-0.39, 0.29) is 17.1 Å². The van der Waals surface area contributed by atoms with Gasteiger partial charge < -0.3 is 10.6 Å². The molecule has 156 valence electrons. The van der Waals surface area contributed by atoms with Crippen molar-refractivity contribution < 1.29 is 14.4 Å². The number of benzene rings is 3. The summed E-state index contributed by atoms with van der Waals surface area (Å²) in [6, 6.07) is 24.7. The number of nitrogens with one attached hydrogen (secondary N) is 3. The molecule has 0 aromatic heterocycles. The lowest BCUT2D eigenvalue weighted by atomic mass is 10.00. The molecule has 1 saturated heterocycles. The van der Waals surface area contributed by atoms with E-state index in [1.165, 1.54) is 0 Å². The van der Waals surface area contributed by atoms with Gasteiger partial charge >= 0.3 is 0 Å². The van der Waals surface area contributed by atoms with E-state index in [4.69, 9.17) is 0 Å². The largest absolute Gasteiger partial charge is 0.354 e. The van der Waals surface area contributed by atoms with Crippen molar-refractivity contribution in [2.24, 2.45) is 0 Å². The molecule has 3 aromatic carbocycles. The maximum absolute atomic E-state index is 12.9. The quantitative estimate of drug-likeness (QED) is 0.501. The van der Waals surface area contributed by atoms with Crippen molar-refractivity contribution in [2.45, 2.75) is 0 Å². The van der Waals surface area contributed by atoms with E-state index in [0.29, 0.717) is 16.2 Å². The van der Waals surface area contributed by atoms with E-state index in [1.807, 2.05) is 78.9 Å². The molecule has 7 heteroatoms. The van der Waals surface area contributed by atoms with Crippen LogP contribution in [0.3, 0.4) is 0 Å². The zero-order chi connectivity index (χ0) is 22.1. The average Bonchev–Trinajstić information content (AvgIpc) is 3.30. The van der Waals surface area contributed by atoms with Crippen molar-refractivity contribution >= 4 is 57.5 Å². The summed E-state index contributed by atoms with van der Waals surface area (Å²) in [5.41, 5.74) is 5.38. The first-order valence-corrected chi connectivity index (χ1v) is 10.7. The molecular weight excluding hydrogens is 422 g/mol. The maximum atomic E-state index is 12.9. The summed E-state index contributed by atoms with van der Waals surface area (Å²) in [6.07, 6.45) is 1.67. The Morgan fingerprint density at radius 3 is 2.22 bits per heavy atom. The number of hydrogen-bond acceptors (Lipinski definition) is 5. The van der Waals surface area contributed by atoms with Gasteiger partial charge in [-0.2, -0.15) is 0 Å². The first-order chi connectivity index (χ1) is 15.6. The molecule has 5 rings (SSSR count). The molecule has 0 unspecified atom stereocenters. The number of carbonyl (C=O) groups is 3. The third-order valence-electron chi connectivity index (χ3n) is 5.10. The van der Waals surface area contributed by atoms with Gasteiger partial charge in [0.2, 0.25) is 0 Å². The van der Waals surface area contributed by atoms with E-state index >= 15 is 0 Å². The normalized spacial score (nSPS) is 17.8. The Morgan fingerprint density at radius 1 is 0.781 bits per heavy atom. The van der Waals surface area contributed by atoms with Gasteiger partial charge in [0.1, 0.15) is 0 Å². The number of amides is 3. The molecule has 0 radical (unpaired) electrons. The molecule has 3 aromatic rings. The van der Waals surface area contributed by atoms with Gasteiger partial charge in [-0.15, -0.1) is 0 Å². The Morgan fingerprint density at radius 2 is 1.50 bits per heavy atom. The predicted molar refractivity (Wildman–Crippen MR) is 127 cm³/mol. The number of fused-ring (bicyclic) bond motifs is 1. The van der Waals surface area contributed by atoms with E-state index in [1.54, 1.807) is 6.08 Å². The van der Waals surface area contributed by atoms with Crippen LogP contribution >= 0.6 is 11.8 Å². The van der Waals surface area contributed by atoms with Crippen LogP contribution in [0, 0.1) is 0 Å². The van der Waals surface area contributed by atoms with Crippen LogP contribution in [-0.4, -0.2) is 17.1 Å². The van der Waals surface area contributed by atoms with Crippen LogP contribution in [0.15, 0.2) is 83.8 Å². The maximum Gasteiger partial charge on any atom is 0.290 e. The second-order valence-electron chi connectivity index (χ2n) is 7.21. The molecule has 0 saturated carbocycles. The van der Waals surface area contributed by atoms with E-state index < -0.39 is 0 Å². The summed E-state index contributed by atoms with van der Waals surface area (Å²) in [5.74, 6) is -0.544. The summed E-state index contributed by atoms with van der Waals surface area (Å²) in [6.45, 7) is 0. The fourth-order valence-electron chi connectivity index (χ4n) is 3.63. The number of carbonyl (C=O) groups excluding carboxylic acids is 3. The molecule has 2 aliphatic rings. The van der Waals surface area contributed by atoms with Crippen molar-refractivity contribution in [2.75, 3.05) is 10.6 Å². The predicted octanol–water partition coefficient (Wildman–Crippen LogP) is 4.94. The minimum absolute atomic E-state index is 0.159. The second kappa shape index (κ2) is 8.20. The zero-order valence-corrected chi connectivity index (χ0v) is 17.5. The topological polar surface area (TPSA) is 87.3 Å². The monoisotopic (exact) mass is 439 g/mol. The molecule has 1 fully saturated rings. The van der Waals surface area contributed by atoms with Crippen LogP contribution < -0.4 is 16.0 Å². The highest BCUT2D eigenvalue weighted by Crippen LogP contribution is 2.37. The lowest BCUT2D eigenvalue weighted by Crippen LogP contribution is -2.17. The Hall–Kier alpha value is -4.10. The number of anilines is 2. The van der Waals surface area contributed by atoms with Gasteiger partial charge in [0.15, 0.2) is 0 Å². The Labute approximate surface area is 188 Å². The standard InChI is InChI=1S/C25H17N3O3S/c29-23-20(32-25(31)28-23)14-15-10-12-17(13-11-15)26-22(16-6-2-1-3-7-16)21-18-8-4-5-9-19(18)27-24(21)30/h1-14,26H,(H,27,30)(H,28,29,31). The summed E-state index contributed by atoms with van der Waals surface area (Å²) in [4.78, 5) is 36.3. The molecule has 0 bridgehead atoms. The van der Waals surface area contributed by atoms with Crippen LogP contribution in [-0.2, 0) is 9.59 Å². The zero-order valence-electron chi connectivity index (χ0n) is 16.7. The molecule has 32 heavy (non-hydrogen) atoms. The molecule has 6 nitrogen and oxygen atoms in total. The second-order valence-corrected chi connectivity index (χ2v) is 8.23. The highest BCUT2D eigenvalue weighted by atomic mass is 32.2. The third kappa shape index (κ3) is 3.81. The molecule has 2 heterocycles. The van der Waals surface area contributed by atoms with E-state index in [2.05, 4.69) is 16.0 Å². The van der Waals surface area contributed by atoms with Crippen LogP contribution in [0.2, 0.25) is 0 Å². The molecule has 0 spiro atoms. The fraction of sp³-hybridized carbons (Fsp3) is 0. The van der Waals surface area contributed by atoms with Crippen molar-refractivity contribution in [1.29, 1.82) is 0 Å². The van der Waals surface area contributed by atoms with Gasteiger partial charge in [-0.3, -0.25) is 19.7 Å². The molecule has 0 atom stereocenters. The minimum Gasteiger partial charge on any atom is -0.354 e. The number of hydrogen-bond donors (Lipinski definition) is 3. The van der Waals surface area contributed by atoms with Crippen molar-refractivity contribution in [3.05, 3.63) is 100 Å². The molecule has 0 aliphatic carbocycles. The number of imide groups is 1. The van der Waals surface area contributed by atoms with Crippen LogP contribution in [0.1, 0.15) is 16.7 Å². The minimum atomic E-state index is -0.385. The fourth-order valence-corrected chi connectivity index (χ4v) is 4.31. The highest BCUT2D eigenvalue weighted by molar-refractivity contribution is 8.18. The van der Waals surface area contributed by atoms with Gasteiger partial charge in [0.05, 0.1) is 16.2 Å². The number of para-hydroxylation sites is 1. The van der Waals surface area contributed by atoms with Gasteiger partial charge in [-0.1, -0.05) is 60.7 Å². The number of thioether (sulfide) groups is 1. The SMILES string of the molecule is O=C1NC(=O)C(=Cc2ccc(NC(=C3C(=O)Nc4ccccc43)c3ccccc3)cc2)S1. The van der Waals surface area contributed by atoms with Crippen molar-refractivity contribution in [3.63, 3.8) is 0 Å². The Kier molecular flexibility index (Phi) is 5.09. The van der Waals surface area contributed by atoms with Crippen molar-refractivity contribution in [3.8, 4) is 0 Å². The van der Waals surface area contributed by atoms with Crippen molar-refractivity contribution in [1.82, 2.24) is 5.32 Å². The molecule has 3 amide bonds. The number of rotatable bonds is 4. The van der Waals surface area contributed by atoms with Crippen LogP contribution in [0.25, 0.3) is 17.3 Å². The molecule has 2 aliphatic heterocycles. The highest BCUT2D eigenvalue weighted by Gasteiger charge is 2.28. The first kappa shape index (κ1) is 19.8. The van der Waals surface area contributed by atoms with Crippen LogP contribution in [0.4, 0.5) is 16.2 Å². The van der Waals surface area contributed by atoms with Gasteiger partial charge in [-0.05, 0) is 47.2 Å². The van der Waals surface area contributed by atoms with Crippen LogP contribution in [0.5, 0.6) is 0 Å². The molecular formula is C25H17N3O3S. The van der Waals surface area contributed by atoms with Gasteiger partial charge in [0.25, 0.3) is 17.1 Å². The Bertz CT molecular complexity index is 1310. The van der Waals surface area contributed by atoms with E-state index in [9.17, 15) is 14.4 Å². The summed E-state index contributed by atoms with van der Waals surface area (Å²) in [5, 5.41) is 8.21. The van der Waals surface area contributed by atoms with Gasteiger partial charge in [-0.25, -0.2) is 0 Å². The third-order valence-corrected chi connectivity index (χ3v) is 5.91. The Balaban J connectivity index is 1.51. The lowest BCUT2D eigenvalue weighted by Gasteiger charge is -2.15. The summed E-state index contributed by atoms with van der Waals surface area (Å²) >= 11 is 0.885. The van der Waals surface area contributed by atoms with E-state index in [0.717, 1.165) is 39.8 Å². The molecule has 3 N–H and O–H groups in total. The first-order valence-electron chi connectivity index (χ1n) is 9.91. The lowest BCUT2D eigenvalue weighted by molar-refractivity contribution is -0.115. The van der Waals surface area contributed by atoms with Gasteiger partial charge in [0, 0.05) is 16.9 Å².